The maximum absolute atomic E-state index is 13.4. The van der Waals surface area contributed by atoms with Crippen LogP contribution >= 0.6 is 11.6 Å². The van der Waals surface area contributed by atoms with Gasteiger partial charge in [0, 0.05) is 30.9 Å². The lowest BCUT2D eigenvalue weighted by atomic mass is 10.1. The van der Waals surface area contributed by atoms with Gasteiger partial charge in [-0.05, 0) is 66.9 Å². The highest BCUT2D eigenvalue weighted by Crippen LogP contribution is 2.30. The molecule has 0 unspecified atom stereocenters. The number of nitrogens with zero attached hydrogens (tertiary/aromatic N) is 1. The lowest BCUT2D eigenvalue weighted by molar-refractivity contribution is 0.0951. The Labute approximate surface area is 200 Å². The van der Waals surface area contributed by atoms with Crippen LogP contribution in [0.15, 0.2) is 60.7 Å². The largest absolute Gasteiger partial charge is 0.370 e. The second-order valence-corrected chi connectivity index (χ2v) is 8.35. The Morgan fingerprint density at radius 3 is 2.47 bits per heavy atom. The average molecular weight is 485 g/mol. The van der Waals surface area contributed by atoms with Crippen molar-refractivity contribution in [1.82, 2.24) is 5.32 Å². The third-order valence-corrected chi connectivity index (χ3v) is 5.76. The maximum Gasteiger partial charge on any atom is 0.323 e. The zero-order valence-corrected chi connectivity index (χ0v) is 19.0. The van der Waals surface area contributed by atoms with Crippen LogP contribution in [0.4, 0.5) is 30.6 Å². The second-order valence-electron chi connectivity index (χ2n) is 7.95. The van der Waals surface area contributed by atoms with Gasteiger partial charge in [0.1, 0.15) is 11.6 Å². The Kier molecular flexibility index (Phi) is 7.27. The van der Waals surface area contributed by atoms with Gasteiger partial charge in [-0.15, -0.1) is 0 Å². The van der Waals surface area contributed by atoms with Gasteiger partial charge < -0.3 is 20.9 Å². The molecule has 34 heavy (non-hydrogen) atoms. The van der Waals surface area contributed by atoms with Gasteiger partial charge in [-0.3, -0.25) is 4.79 Å². The molecule has 0 bridgehead atoms. The molecule has 0 saturated carbocycles. The number of hydrogen-bond acceptors (Lipinski definition) is 3. The standard InChI is InChI=1S/C25H23ClF2N4O2/c26-20-14-19(7-8-21(20)28)30-25(34)31-22-13-17(6-9-23(22)32-10-1-2-11-32)24(33)29-15-16-4-3-5-18(27)12-16/h3-9,12-14H,1-2,10-11,15H2,(H,29,33)(H2,30,31,34). The molecule has 1 heterocycles. The van der Waals surface area contributed by atoms with E-state index in [0.717, 1.165) is 37.7 Å². The van der Waals surface area contributed by atoms with E-state index in [-0.39, 0.29) is 23.3 Å². The number of urea groups is 1. The predicted octanol–water partition coefficient (Wildman–Crippen LogP) is 5.79. The molecule has 3 N–H and O–H groups in total. The van der Waals surface area contributed by atoms with Gasteiger partial charge in [0.25, 0.3) is 5.91 Å². The maximum atomic E-state index is 13.4. The Morgan fingerprint density at radius 2 is 1.74 bits per heavy atom. The highest BCUT2D eigenvalue weighted by molar-refractivity contribution is 6.31. The van der Waals surface area contributed by atoms with E-state index < -0.39 is 11.8 Å². The van der Waals surface area contributed by atoms with Gasteiger partial charge in [-0.2, -0.15) is 0 Å². The Hall–Kier alpha value is -3.65. The second kappa shape index (κ2) is 10.5. The molecule has 3 amide bonds. The van der Waals surface area contributed by atoms with Crippen LogP contribution in [-0.4, -0.2) is 25.0 Å². The summed E-state index contributed by atoms with van der Waals surface area (Å²) in [6.07, 6.45) is 2.07. The molecule has 3 aromatic rings. The summed E-state index contributed by atoms with van der Waals surface area (Å²) in [5.41, 5.74) is 2.57. The van der Waals surface area contributed by atoms with Crippen molar-refractivity contribution in [3.8, 4) is 0 Å². The highest BCUT2D eigenvalue weighted by atomic mass is 35.5. The number of halogens is 3. The van der Waals surface area contributed by atoms with Crippen LogP contribution < -0.4 is 20.9 Å². The van der Waals surface area contributed by atoms with Gasteiger partial charge in [-0.25, -0.2) is 13.6 Å². The molecule has 1 saturated heterocycles. The zero-order valence-electron chi connectivity index (χ0n) is 18.2. The van der Waals surface area contributed by atoms with Crippen molar-refractivity contribution < 1.29 is 18.4 Å². The van der Waals surface area contributed by atoms with E-state index in [0.29, 0.717) is 22.5 Å². The smallest absolute Gasteiger partial charge is 0.323 e. The van der Waals surface area contributed by atoms with Crippen molar-refractivity contribution in [2.45, 2.75) is 19.4 Å². The molecule has 0 spiro atoms. The van der Waals surface area contributed by atoms with Crippen LogP contribution in [0, 0.1) is 11.6 Å². The van der Waals surface area contributed by atoms with Crippen LogP contribution in [0.3, 0.4) is 0 Å². The van der Waals surface area contributed by atoms with Gasteiger partial charge in [-0.1, -0.05) is 23.7 Å². The first-order valence-electron chi connectivity index (χ1n) is 10.8. The zero-order chi connectivity index (χ0) is 24.1. The first-order valence-corrected chi connectivity index (χ1v) is 11.2. The van der Waals surface area contributed by atoms with Crippen LogP contribution in [-0.2, 0) is 6.54 Å². The van der Waals surface area contributed by atoms with Gasteiger partial charge in [0.15, 0.2) is 0 Å². The molecule has 1 aliphatic rings. The number of benzene rings is 3. The molecular weight excluding hydrogens is 462 g/mol. The van der Waals surface area contributed by atoms with Crippen LogP contribution in [0.1, 0.15) is 28.8 Å². The first-order chi connectivity index (χ1) is 16.4. The van der Waals surface area contributed by atoms with E-state index in [9.17, 15) is 18.4 Å². The van der Waals surface area contributed by atoms with Crippen LogP contribution in [0.5, 0.6) is 0 Å². The number of anilines is 3. The van der Waals surface area contributed by atoms with Gasteiger partial charge >= 0.3 is 6.03 Å². The number of rotatable bonds is 6. The molecule has 176 valence electrons. The van der Waals surface area contributed by atoms with Crippen molar-refractivity contribution in [2.75, 3.05) is 28.6 Å². The van der Waals surface area contributed by atoms with Gasteiger partial charge in [0.05, 0.1) is 16.4 Å². The number of hydrogen-bond donors (Lipinski definition) is 3. The summed E-state index contributed by atoms with van der Waals surface area (Å²) in [5, 5.41) is 8.07. The lowest BCUT2D eigenvalue weighted by Crippen LogP contribution is -2.26. The van der Waals surface area contributed by atoms with E-state index in [4.69, 9.17) is 11.6 Å². The summed E-state index contributed by atoms with van der Waals surface area (Å²) in [7, 11) is 0. The average Bonchev–Trinajstić information content (AvgIpc) is 3.34. The Bertz CT molecular complexity index is 1220. The molecule has 1 aliphatic heterocycles. The van der Waals surface area contributed by atoms with Crippen molar-refractivity contribution in [3.63, 3.8) is 0 Å². The Balaban J connectivity index is 1.51. The predicted molar refractivity (Wildman–Crippen MR) is 130 cm³/mol. The fourth-order valence-electron chi connectivity index (χ4n) is 3.80. The number of carbonyl (C=O) groups is 2. The highest BCUT2D eigenvalue weighted by Gasteiger charge is 2.19. The minimum atomic E-state index is -0.583. The van der Waals surface area contributed by atoms with E-state index in [1.54, 1.807) is 30.3 Å². The minimum absolute atomic E-state index is 0.104. The number of amides is 3. The SMILES string of the molecule is O=C(Nc1ccc(F)c(Cl)c1)Nc1cc(C(=O)NCc2cccc(F)c2)ccc1N1CCCC1. The van der Waals surface area contributed by atoms with Crippen molar-refractivity contribution in [1.29, 1.82) is 0 Å². The van der Waals surface area contributed by atoms with Crippen molar-refractivity contribution in [2.24, 2.45) is 0 Å². The van der Waals surface area contributed by atoms with E-state index in [1.807, 2.05) is 0 Å². The summed E-state index contributed by atoms with van der Waals surface area (Å²) in [6, 6.07) is 14.4. The molecule has 0 radical (unpaired) electrons. The van der Waals surface area contributed by atoms with E-state index >= 15 is 0 Å². The number of nitrogens with one attached hydrogen (secondary N) is 3. The summed E-state index contributed by atoms with van der Waals surface area (Å²) >= 11 is 5.79. The quantitative estimate of drug-likeness (QED) is 0.414. The van der Waals surface area contributed by atoms with Gasteiger partial charge in [0.2, 0.25) is 0 Å². The lowest BCUT2D eigenvalue weighted by Gasteiger charge is -2.22. The fourth-order valence-corrected chi connectivity index (χ4v) is 3.98. The molecule has 0 aromatic heterocycles. The van der Waals surface area contributed by atoms with Crippen LogP contribution in [0.2, 0.25) is 5.02 Å². The Morgan fingerprint density at radius 1 is 0.941 bits per heavy atom. The normalized spacial score (nSPS) is 13.0. The van der Waals surface area contributed by atoms with Crippen LogP contribution in [0.25, 0.3) is 0 Å². The molecule has 0 aliphatic carbocycles. The molecule has 9 heteroatoms. The summed E-state index contributed by atoms with van der Waals surface area (Å²) in [5.74, 6) is -1.31. The third-order valence-electron chi connectivity index (χ3n) is 5.47. The first kappa shape index (κ1) is 23.5. The summed E-state index contributed by atoms with van der Waals surface area (Å²) in [6.45, 7) is 1.85. The molecule has 4 rings (SSSR count). The van der Waals surface area contributed by atoms with E-state index in [2.05, 4.69) is 20.9 Å². The third kappa shape index (κ3) is 5.82. The number of carbonyl (C=O) groups excluding carboxylic acids is 2. The topological polar surface area (TPSA) is 73.5 Å². The monoisotopic (exact) mass is 484 g/mol. The molecule has 3 aromatic carbocycles. The van der Waals surface area contributed by atoms with E-state index in [1.165, 1.54) is 24.3 Å². The molecule has 0 atom stereocenters. The van der Waals surface area contributed by atoms with Crippen molar-refractivity contribution >= 4 is 40.6 Å². The summed E-state index contributed by atoms with van der Waals surface area (Å²) in [4.78, 5) is 27.5. The van der Waals surface area contributed by atoms with Crippen molar-refractivity contribution in [3.05, 3.63) is 88.4 Å². The molecular formula is C25H23ClF2N4O2. The minimum Gasteiger partial charge on any atom is -0.370 e. The fraction of sp³-hybridized carbons (Fsp3) is 0.200. The molecule has 6 nitrogen and oxygen atoms in total. The molecule has 1 fully saturated rings. The summed E-state index contributed by atoms with van der Waals surface area (Å²) < 4.78 is 26.8.